The highest BCUT2D eigenvalue weighted by Crippen LogP contribution is 2.34. The van der Waals surface area contributed by atoms with Crippen LogP contribution in [0.1, 0.15) is 18.4 Å². The van der Waals surface area contributed by atoms with E-state index in [1.54, 1.807) is 18.2 Å². The van der Waals surface area contributed by atoms with Crippen molar-refractivity contribution in [2.75, 3.05) is 6.61 Å². The fraction of sp³-hybridized carbons (Fsp3) is 0.364. The molecule has 1 aromatic rings. The number of ether oxygens (including phenoxy) is 1. The highest BCUT2D eigenvalue weighted by molar-refractivity contribution is 9.10. The summed E-state index contributed by atoms with van der Waals surface area (Å²) < 4.78 is 6.38. The van der Waals surface area contributed by atoms with E-state index in [0.29, 0.717) is 12.2 Å². The molecule has 1 fully saturated rings. The van der Waals surface area contributed by atoms with Crippen LogP contribution < -0.4 is 10.5 Å². The maximum atomic E-state index is 8.69. The average molecular weight is 304 g/mol. The van der Waals surface area contributed by atoms with Crippen LogP contribution in [0.5, 0.6) is 5.75 Å². The van der Waals surface area contributed by atoms with Gasteiger partial charge in [0, 0.05) is 0 Å². The van der Waals surface area contributed by atoms with Gasteiger partial charge in [0.15, 0.2) is 0 Å². The van der Waals surface area contributed by atoms with Crippen LogP contribution in [0, 0.1) is 11.3 Å². The van der Waals surface area contributed by atoms with Gasteiger partial charge in [-0.15, -0.1) is 12.4 Å². The molecule has 0 bridgehead atoms. The highest BCUT2D eigenvalue weighted by atomic mass is 79.9. The predicted octanol–water partition coefficient (Wildman–Crippen LogP) is 2.61. The van der Waals surface area contributed by atoms with Crippen molar-refractivity contribution in [1.82, 2.24) is 0 Å². The van der Waals surface area contributed by atoms with Gasteiger partial charge in [0.1, 0.15) is 12.4 Å². The largest absolute Gasteiger partial charge is 0.490 e. The molecule has 1 aliphatic carbocycles. The summed E-state index contributed by atoms with van der Waals surface area (Å²) >= 11 is 3.36. The van der Waals surface area contributed by atoms with Gasteiger partial charge in [0.25, 0.3) is 0 Å². The molecule has 0 atom stereocenters. The number of hydrogen-bond donors (Lipinski definition) is 1. The van der Waals surface area contributed by atoms with Gasteiger partial charge in [0.05, 0.1) is 21.6 Å². The third-order valence-electron chi connectivity index (χ3n) is 2.47. The molecule has 16 heavy (non-hydrogen) atoms. The molecule has 1 aromatic carbocycles. The van der Waals surface area contributed by atoms with Gasteiger partial charge < -0.3 is 10.5 Å². The lowest BCUT2D eigenvalue weighted by Gasteiger charge is -2.12. The summed E-state index contributed by atoms with van der Waals surface area (Å²) in [4.78, 5) is 0. The van der Waals surface area contributed by atoms with Gasteiger partial charge in [-0.2, -0.15) is 5.26 Å². The van der Waals surface area contributed by atoms with Crippen LogP contribution in [0.15, 0.2) is 22.7 Å². The third kappa shape index (κ3) is 3.11. The Morgan fingerprint density at radius 3 is 2.69 bits per heavy atom. The van der Waals surface area contributed by atoms with Crippen molar-refractivity contribution in [2.45, 2.75) is 18.4 Å². The molecule has 0 radical (unpaired) electrons. The fourth-order valence-electron chi connectivity index (χ4n) is 1.21. The Morgan fingerprint density at radius 2 is 2.19 bits per heavy atom. The molecule has 0 aromatic heterocycles. The summed E-state index contributed by atoms with van der Waals surface area (Å²) in [7, 11) is 0. The number of nitrogens with zero attached hydrogens (tertiary/aromatic N) is 1. The number of hydrogen-bond acceptors (Lipinski definition) is 3. The molecule has 0 heterocycles. The van der Waals surface area contributed by atoms with Crippen molar-refractivity contribution in [3.05, 3.63) is 28.2 Å². The molecule has 0 aliphatic heterocycles. The van der Waals surface area contributed by atoms with Gasteiger partial charge in [0.2, 0.25) is 0 Å². The Kier molecular flexibility index (Phi) is 4.20. The first kappa shape index (κ1) is 13.3. The van der Waals surface area contributed by atoms with Crippen molar-refractivity contribution >= 4 is 28.3 Å². The quantitative estimate of drug-likeness (QED) is 0.934. The van der Waals surface area contributed by atoms with Crippen molar-refractivity contribution in [3.63, 3.8) is 0 Å². The van der Waals surface area contributed by atoms with E-state index in [1.807, 2.05) is 0 Å². The molecule has 1 saturated carbocycles. The molecular weight excluding hydrogens is 291 g/mol. The normalized spacial score (nSPS) is 15.8. The van der Waals surface area contributed by atoms with Crippen LogP contribution in [0.4, 0.5) is 0 Å². The van der Waals surface area contributed by atoms with Crippen LogP contribution in [-0.4, -0.2) is 12.1 Å². The van der Waals surface area contributed by atoms with E-state index in [-0.39, 0.29) is 17.9 Å². The molecule has 1 aliphatic rings. The van der Waals surface area contributed by atoms with Crippen LogP contribution >= 0.6 is 28.3 Å². The molecule has 3 nitrogen and oxygen atoms in total. The van der Waals surface area contributed by atoms with Crippen LogP contribution in [-0.2, 0) is 0 Å². The zero-order chi connectivity index (χ0) is 10.9. The van der Waals surface area contributed by atoms with E-state index in [2.05, 4.69) is 22.0 Å². The highest BCUT2D eigenvalue weighted by Gasteiger charge is 2.39. The van der Waals surface area contributed by atoms with Crippen LogP contribution in [0.3, 0.4) is 0 Å². The minimum absolute atomic E-state index is 0. The average Bonchev–Trinajstić information content (AvgIpc) is 2.95. The predicted molar refractivity (Wildman–Crippen MR) is 67.8 cm³/mol. The third-order valence-corrected chi connectivity index (χ3v) is 3.09. The maximum absolute atomic E-state index is 8.69. The first-order valence-electron chi connectivity index (χ1n) is 4.74. The lowest BCUT2D eigenvalue weighted by molar-refractivity contribution is 0.278. The summed E-state index contributed by atoms with van der Waals surface area (Å²) in [6.45, 7) is 0.539. The lowest BCUT2D eigenvalue weighted by Crippen LogP contribution is -2.29. The van der Waals surface area contributed by atoms with E-state index in [1.165, 1.54) is 0 Å². The van der Waals surface area contributed by atoms with E-state index in [9.17, 15) is 0 Å². The summed E-state index contributed by atoms with van der Waals surface area (Å²) in [6.07, 6.45) is 2.06. The summed E-state index contributed by atoms with van der Waals surface area (Å²) in [5.41, 5.74) is 6.40. The van der Waals surface area contributed by atoms with Gasteiger partial charge in [-0.1, -0.05) is 0 Å². The standard InChI is InChI=1S/C11H11BrN2O.ClH/c12-9-5-8(6-13)1-2-10(9)15-7-11(14)3-4-11;/h1-2,5H,3-4,7,14H2;1H. The molecule has 0 spiro atoms. The van der Waals surface area contributed by atoms with Crippen LogP contribution in [0.2, 0.25) is 0 Å². The maximum Gasteiger partial charge on any atom is 0.133 e. The SMILES string of the molecule is Cl.N#Cc1ccc(OCC2(N)CC2)c(Br)c1. The number of rotatable bonds is 3. The second-order valence-electron chi connectivity index (χ2n) is 3.91. The minimum atomic E-state index is -0.118. The zero-order valence-corrected chi connectivity index (χ0v) is 11.0. The monoisotopic (exact) mass is 302 g/mol. The van der Waals surface area contributed by atoms with E-state index in [4.69, 9.17) is 15.7 Å². The fourth-order valence-corrected chi connectivity index (χ4v) is 1.71. The molecular formula is C11H12BrClN2O. The van der Waals surface area contributed by atoms with Gasteiger partial charge >= 0.3 is 0 Å². The Morgan fingerprint density at radius 1 is 1.50 bits per heavy atom. The van der Waals surface area contributed by atoms with Crippen molar-refractivity contribution in [3.8, 4) is 11.8 Å². The van der Waals surface area contributed by atoms with E-state index >= 15 is 0 Å². The van der Waals surface area contributed by atoms with Crippen molar-refractivity contribution in [1.29, 1.82) is 5.26 Å². The molecule has 0 amide bonds. The number of nitrogens with two attached hydrogens (primary N) is 1. The Balaban J connectivity index is 0.00000128. The molecule has 2 rings (SSSR count). The Hall–Kier alpha value is -0.760. The van der Waals surface area contributed by atoms with Gasteiger partial charge in [-0.3, -0.25) is 0 Å². The molecule has 5 heteroatoms. The van der Waals surface area contributed by atoms with Crippen molar-refractivity contribution in [2.24, 2.45) is 5.73 Å². The van der Waals surface area contributed by atoms with Gasteiger partial charge in [-0.05, 0) is 47.0 Å². The van der Waals surface area contributed by atoms with Crippen molar-refractivity contribution < 1.29 is 4.74 Å². The van der Waals surface area contributed by atoms with Crippen LogP contribution in [0.25, 0.3) is 0 Å². The molecule has 0 unspecified atom stereocenters. The summed E-state index contributed by atoms with van der Waals surface area (Å²) in [5.74, 6) is 0.741. The second kappa shape index (κ2) is 5.05. The smallest absolute Gasteiger partial charge is 0.133 e. The first-order valence-corrected chi connectivity index (χ1v) is 5.54. The van der Waals surface area contributed by atoms with Gasteiger partial charge in [-0.25, -0.2) is 0 Å². The topological polar surface area (TPSA) is 59.0 Å². The molecule has 0 saturated heterocycles. The zero-order valence-electron chi connectivity index (χ0n) is 8.57. The second-order valence-corrected chi connectivity index (χ2v) is 4.76. The van der Waals surface area contributed by atoms with E-state index < -0.39 is 0 Å². The molecule has 86 valence electrons. The summed E-state index contributed by atoms with van der Waals surface area (Å²) in [6, 6.07) is 7.33. The molecule has 2 N–H and O–H groups in total. The van der Waals surface area contributed by atoms with E-state index in [0.717, 1.165) is 23.1 Å². The first-order chi connectivity index (χ1) is 7.13. The number of halogens is 2. The Bertz CT molecular complexity index is 426. The minimum Gasteiger partial charge on any atom is -0.490 e. The summed E-state index contributed by atoms with van der Waals surface area (Å²) in [5, 5.41) is 8.69. The number of nitriles is 1. The Labute approximate surface area is 109 Å². The lowest BCUT2D eigenvalue weighted by atomic mass is 10.2. The number of benzene rings is 1.